The minimum Gasteiger partial charge on any atom is -0.326 e. The van der Waals surface area contributed by atoms with Gasteiger partial charge in [0.15, 0.2) is 0 Å². The first kappa shape index (κ1) is 17.9. The van der Waals surface area contributed by atoms with Crippen LogP contribution in [0.15, 0.2) is 17.0 Å². The Morgan fingerprint density at radius 2 is 1.90 bits per heavy atom. The van der Waals surface area contributed by atoms with E-state index in [4.69, 9.17) is 5.73 Å². The largest absolute Gasteiger partial charge is 0.389 e. The summed E-state index contributed by atoms with van der Waals surface area (Å²) < 4.78 is 75.6. The Bertz CT molecular complexity index is 600. The van der Waals surface area contributed by atoms with Gasteiger partial charge in [0, 0.05) is 25.1 Å². The standard InChI is InChI=1S/C12H16F4N2O2S/c1-8-10(13)5-9(7-17)6-11(8)21(19,20)18-4-2-3-12(14,15)16/h5-6,18H,2-4,7,17H2,1H3. The van der Waals surface area contributed by atoms with E-state index in [1.807, 2.05) is 4.72 Å². The second-order valence-electron chi connectivity index (χ2n) is 4.52. The van der Waals surface area contributed by atoms with Gasteiger partial charge in [0.25, 0.3) is 0 Å². The molecular formula is C12H16F4N2O2S. The first-order chi connectivity index (χ1) is 9.57. The molecule has 0 saturated heterocycles. The van der Waals surface area contributed by atoms with Crippen LogP contribution in [0.3, 0.4) is 0 Å². The minimum atomic E-state index is -4.34. The molecule has 0 saturated carbocycles. The molecule has 4 nitrogen and oxygen atoms in total. The molecule has 0 spiro atoms. The number of rotatable bonds is 6. The predicted octanol–water partition coefficient (Wildman–Crippen LogP) is 2.21. The molecule has 0 bridgehead atoms. The average Bonchev–Trinajstić information content (AvgIpc) is 2.36. The number of nitrogens with one attached hydrogen (secondary N) is 1. The van der Waals surface area contributed by atoms with Gasteiger partial charge in [-0.2, -0.15) is 13.2 Å². The molecule has 0 amide bonds. The second kappa shape index (κ2) is 6.71. The van der Waals surface area contributed by atoms with Crippen molar-refractivity contribution in [2.75, 3.05) is 6.54 Å². The van der Waals surface area contributed by atoms with Crippen LogP contribution in [0, 0.1) is 12.7 Å². The van der Waals surface area contributed by atoms with Gasteiger partial charge in [-0.1, -0.05) is 0 Å². The van der Waals surface area contributed by atoms with Gasteiger partial charge in [0.2, 0.25) is 10.0 Å². The third-order valence-corrected chi connectivity index (χ3v) is 4.40. The van der Waals surface area contributed by atoms with Gasteiger partial charge in [-0.05, 0) is 31.0 Å². The van der Waals surface area contributed by atoms with Crippen molar-refractivity contribution in [3.63, 3.8) is 0 Å². The molecule has 0 aromatic heterocycles. The number of nitrogens with two attached hydrogens (primary N) is 1. The molecule has 3 N–H and O–H groups in total. The van der Waals surface area contributed by atoms with E-state index in [2.05, 4.69) is 0 Å². The summed E-state index contributed by atoms with van der Waals surface area (Å²) in [5, 5.41) is 0. The zero-order valence-electron chi connectivity index (χ0n) is 11.3. The Morgan fingerprint density at radius 3 is 2.43 bits per heavy atom. The summed E-state index contributed by atoms with van der Waals surface area (Å²) in [7, 11) is -4.08. The molecule has 0 aliphatic heterocycles. The number of hydrogen-bond acceptors (Lipinski definition) is 3. The summed E-state index contributed by atoms with van der Waals surface area (Å²) >= 11 is 0. The van der Waals surface area contributed by atoms with E-state index < -0.39 is 28.4 Å². The van der Waals surface area contributed by atoms with Crippen LogP contribution in [0.2, 0.25) is 0 Å². The van der Waals surface area contributed by atoms with Crippen molar-refractivity contribution in [1.29, 1.82) is 0 Å². The van der Waals surface area contributed by atoms with Crippen LogP contribution >= 0.6 is 0 Å². The van der Waals surface area contributed by atoms with Gasteiger partial charge in [-0.3, -0.25) is 0 Å². The molecule has 0 radical (unpaired) electrons. The number of halogens is 4. The Labute approximate surface area is 120 Å². The minimum absolute atomic E-state index is 0.0478. The molecule has 0 atom stereocenters. The Morgan fingerprint density at radius 1 is 1.29 bits per heavy atom. The summed E-state index contributed by atoms with van der Waals surface area (Å²) in [5.41, 5.74) is 5.53. The quantitative estimate of drug-likeness (QED) is 0.621. The van der Waals surface area contributed by atoms with Gasteiger partial charge in [0.05, 0.1) is 4.90 Å². The molecule has 0 aliphatic rings. The molecule has 9 heteroatoms. The van der Waals surface area contributed by atoms with E-state index in [0.717, 1.165) is 6.07 Å². The van der Waals surface area contributed by atoms with E-state index in [1.165, 1.54) is 13.0 Å². The lowest BCUT2D eigenvalue weighted by atomic mass is 10.1. The Kier molecular flexibility index (Phi) is 5.71. The maximum absolute atomic E-state index is 13.6. The maximum atomic E-state index is 13.6. The highest BCUT2D eigenvalue weighted by molar-refractivity contribution is 7.89. The highest BCUT2D eigenvalue weighted by atomic mass is 32.2. The second-order valence-corrected chi connectivity index (χ2v) is 6.26. The van der Waals surface area contributed by atoms with Crippen LogP contribution in [-0.2, 0) is 16.6 Å². The van der Waals surface area contributed by atoms with Crippen LogP contribution in [0.1, 0.15) is 24.0 Å². The molecule has 0 unspecified atom stereocenters. The zero-order valence-corrected chi connectivity index (χ0v) is 12.1. The van der Waals surface area contributed by atoms with E-state index >= 15 is 0 Å². The van der Waals surface area contributed by atoms with Crippen LogP contribution in [0.4, 0.5) is 17.6 Å². The van der Waals surface area contributed by atoms with E-state index in [9.17, 15) is 26.0 Å². The van der Waals surface area contributed by atoms with Gasteiger partial charge in [-0.15, -0.1) is 0 Å². The third kappa shape index (κ3) is 5.25. The number of benzene rings is 1. The monoisotopic (exact) mass is 328 g/mol. The van der Waals surface area contributed by atoms with Gasteiger partial charge < -0.3 is 5.73 Å². The van der Waals surface area contributed by atoms with Gasteiger partial charge in [0.1, 0.15) is 5.82 Å². The number of hydrogen-bond donors (Lipinski definition) is 2. The summed E-state index contributed by atoms with van der Waals surface area (Å²) in [6.07, 6.45) is -5.82. The van der Waals surface area contributed by atoms with Crippen LogP contribution in [-0.4, -0.2) is 21.1 Å². The molecule has 0 heterocycles. The van der Waals surface area contributed by atoms with Gasteiger partial charge >= 0.3 is 6.18 Å². The van der Waals surface area contributed by atoms with E-state index in [1.54, 1.807) is 0 Å². The van der Waals surface area contributed by atoms with Crippen molar-refractivity contribution in [3.05, 3.63) is 29.1 Å². The summed E-state index contributed by atoms with van der Waals surface area (Å²) in [6.45, 7) is 0.851. The SMILES string of the molecule is Cc1c(F)cc(CN)cc1S(=O)(=O)NCCCC(F)(F)F. The van der Waals surface area contributed by atoms with Crippen molar-refractivity contribution < 1.29 is 26.0 Å². The summed E-state index contributed by atoms with van der Waals surface area (Å²) in [4.78, 5) is -0.310. The van der Waals surface area contributed by atoms with Crippen LogP contribution in [0.5, 0.6) is 0 Å². The normalized spacial score (nSPS) is 12.7. The Balaban J connectivity index is 2.86. The molecular weight excluding hydrogens is 312 g/mol. The fourth-order valence-corrected chi connectivity index (χ4v) is 3.05. The number of sulfonamides is 1. The summed E-state index contributed by atoms with van der Waals surface area (Å²) in [5.74, 6) is -0.728. The van der Waals surface area contributed by atoms with Crippen molar-refractivity contribution in [3.8, 4) is 0 Å². The van der Waals surface area contributed by atoms with Gasteiger partial charge in [-0.25, -0.2) is 17.5 Å². The van der Waals surface area contributed by atoms with Crippen LogP contribution < -0.4 is 10.5 Å². The highest BCUT2D eigenvalue weighted by Gasteiger charge is 2.26. The molecule has 1 aromatic carbocycles. The highest BCUT2D eigenvalue weighted by Crippen LogP contribution is 2.22. The van der Waals surface area contributed by atoms with Crippen LogP contribution in [0.25, 0.3) is 0 Å². The van der Waals surface area contributed by atoms with Crippen molar-refractivity contribution in [2.45, 2.75) is 37.4 Å². The smallest absolute Gasteiger partial charge is 0.326 e. The van der Waals surface area contributed by atoms with Crippen molar-refractivity contribution in [2.24, 2.45) is 5.73 Å². The lowest BCUT2D eigenvalue weighted by Gasteiger charge is -2.12. The molecule has 1 aromatic rings. The fraction of sp³-hybridized carbons (Fsp3) is 0.500. The maximum Gasteiger partial charge on any atom is 0.389 e. The molecule has 0 fully saturated rings. The predicted molar refractivity (Wildman–Crippen MR) is 69.5 cm³/mol. The van der Waals surface area contributed by atoms with Crippen molar-refractivity contribution >= 4 is 10.0 Å². The first-order valence-corrected chi connectivity index (χ1v) is 7.60. The first-order valence-electron chi connectivity index (χ1n) is 6.12. The average molecular weight is 328 g/mol. The molecule has 21 heavy (non-hydrogen) atoms. The molecule has 0 aliphatic carbocycles. The fourth-order valence-electron chi connectivity index (χ4n) is 1.68. The van der Waals surface area contributed by atoms with E-state index in [0.29, 0.717) is 0 Å². The lowest BCUT2D eigenvalue weighted by molar-refractivity contribution is -0.135. The van der Waals surface area contributed by atoms with E-state index in [-0.39, 0.29) is 35.5 Å². The zero-order chi connectivity index (χ0) is 16.3. The van der Waals surface area contributed by atoms with Crippen molar-refractivity contribution in [1.82, 2.24) is 4.72 Å². The molecule has 120 valence electrons. The third-order valence-electron chi connectivity index (χ3n) is 2.81. The molecule has 1 rings (SSSR count). The lowest BCUT2D eigenvalue weighted by Crippen LogP contribution is -2.27. The topological polar surface area (TPSA) is 72.2 Å². The summed E-state index contributed by atoms with van der Waals surface area (Å²) in [6, 6.07) is 2.34. The Hall–Kier alpha value is -1.19. The number of alkyl halides is 3.